The van der Waals surface area contributed by atoms with Gasteiger partial charge in [-0.1, -0.05) is 29.3 Å². The zero-order chi connectivity index (χ0) is 17.0. The maximum absolute atomic E-state index is 12.0. The van der Waals surface area contributed by atoms with Crippen LogP contribution in [0.25, 0.3) is 0 Å². The van der Waals surface area contributed by atoms with Crippen molar-refractivity contribution in [2.45, 2.75) is 6.92 Å². The predicted octanol–water partition coefficient (Wildman–Crippen LogP) is 3.42. The van der Waals surface area contributed by atoms with Crippen molar-refractivity contribution >= 4 is 40.7 Å². The third kappa shape index (κ3) is 4.61. The minimum absolute atomic E-state index is 0.235. The summed E-state index contributed by atoms with van der Waals surface area (Å²) in [6, 6.07) is 9.53. The number of carbonyl (C=O) groups is 2. The van der Waals surface area contributed by atoms with Crippen LogP contribution < -0.4 is 15.8 Å². The van der Waals surface area contributed by atoms with E-state index in [9.17, 15) is 9.59 Å². The second-order valence-corrected chi connectivity index (χ2v) is 5.65. The molecule has 0 unspecified atom stereocenters. The van der Waals surface area contributed by atoms with E-state index >= 15 is 0 Å². The second-order valence-electron chi connectivity index (χ2n) is 4.81. The lowest BCUT2D eigenvalue weighted by atomic mass is 10.1. The molecule has 23 heavy (non-hydrogen) atoms. The fraction of sp³-hybridized carbons (Fsp3) is 0.125. The van der Waals surface area contributed by atoms with Crippen molar-refractivity contribution in [3.05, 3.63) is 57.6 Å². The molecule has 0 aliphatic rings. The van der Waals surface area contributed by atoms with E-state index in [1.54, 1.807) is 31.2 Å². The van der Waals surface area contributed by atoms with E-state index in [1.807, 2.05) is 0 Å². The van der Waals surface area contributed by atoms with Crippen molar-refractivity contribution < 1.29 is 14.3 Å². The zero-order valence-electron chi connectivity index (χ0n) is 12.2. The molecule has 2 amide bonds. The van der Waals surface area contributed by atoms with Crippen LogP contribution in [0.4, 0.5) is 5.69 Å². The monoisotopic (exact) mass is 352 g/mol. The Morgan fingerprint density at radius 3 is 2.57 bits per heavy atom. The van der Waals surface area contributed by atoms with Gasteiger partial charge in [-0.15, -0.1) is 0 Å². The molecular weight excluding hydrogens is 339 g/mol. The first-order chi connectivity index (χ1) is 10.9. The normalized spacial score (nSPS) is 10.2. The standard InChI is InChI=1S/C16H14Cl2N2O3/c1-9-2-3-10(16(19)22)6-13(9)20-15(21)8-23-14-5-4-11(17)7-12(14)18/h2-7H,8H2,1H3,(H2,19,22)(H,20,21). The van der Waals surface area contributed by atoms with Crippen molar-refractivity contribution in [2.24, 2.45) is 5.73 Å². The first-order valence-electron chi connectivity index (χ1n) is 6.65. The van der Waals surface area contributed by atoms with Gasteiger partial charge < -0.3 is 15.8 Å². The largest absolute Gasteiger partial charge is 0.482 e. The fourth-order valence-electron chi connectivity index (χ4n) is 1.83. The van der Waals surface area contributed by atoms with Gasteiger partial charge in [-0.05, 0) is 42.8 Å². The van der Waals surface area contributed by atoms with Crippen molar-refractivity contribution in [3.8, 4) is 5.75 Å². The maximum Gasteiger partial charge on any atom is 0.262 e. The summed E-state index contributed by atoms with van der Waals surface area (Å²) in [6.45, 7) is 1.57. The van der Waals surface area contributed by atoms with Gasteiger partial charge in [0.2, 0.25) is 5.91 Å². The van der Waals surface area contributed by atoms with Gasteiger partial charge in [-0.25, -0.2) is 0 Å². The Bertz CT molecular complexity index is 763. The number of rotatable bonds is 5. The van der Waals surface area contributed by atoms with Crippen molar-refractivity contribution in [2.75, 3.05) is 11.9 Å². The van der Waals surface area contributed by atoms with E-state index in [1.165, 1.54) is 12.1 Å². The van der Waals surface area contributed by atoms with E-state index in [2.05, 4.69) is 5.32 Å². The third-order valence-corrected chi connectivity index (χ3v) is 3.58. The average Bonchev–Trinajstić information content (AvgIpc) is 2.48. The molecule has 3 N–H and O–H groups in total. The van der Waals surface area contributed by atoms with Gasteiger partial charge in [0.25, 0.3) is 5.91 Å². The van der Waals surface area contributed by atoms with E-state index in [0.717, 1.165) is 5.56 Å². The molecule has 0 aromatic heterocycles. The molecule has 7 heteroatoms. The molecule has 0 aliphatic carbocycles. The molecule has 0 radical (unpaired) electrons. The average molecular weight is 353 g/mol. The molecule has 5 nitrogen and oxygen atoms in total. The summed E-state index contributed by atoms with van der Waals surface area (Å²) in [5, 5.41) is 3.46. The molecule has 2 aromatic carbocycles. The molecule has 2 aromatic rings. The summed E-state index contributed by atoms with van der Waals surface area (Å²) >= 11 is 11.7. The summed E-state index contributed by atoms with van der Waals surface area (Å²) in [6.07, 6.45) is 0. The molecule has 0 heterocycles. The third-order valence-electron chi connectivity index (χ3n) is 3.05. The van der Waals surface area contributed by atoms with Gasteiger partial charge in [0.05, 0.1) is 5.02 Å². The lowest BCUT2D eigenvalue weighted by Gasteiger charge is -2.11. The molecule has 0 atom stereocenters. The number of hydrogen-bond donors (Lipinski definition) is 2. The van der Waals surface area contributed by atoms with Crippen LogP contribution in [0, 0.1) is 6.92 Å². The highest BCUT2D eigenvalue weighted by Crippen LogP contribution is 2.27. The van der Waals surface area contributed by atoms with Crippen LogP contribution in [0.3, 0.4) is 0 Å². The van der Waals surface area contributed by atoms with Crippen LogP contribution in [0.2, 0.25) is 10.0 Å². The molecule has 0 spiro atoms. The summed E-state index contributed by atoms with van der Waals surface area (Å²) < 4.78 is 5.35. The van der Waals surface area contributed by atoms with E-state index in [-0.39, 0.29) is 12.5 Å². The number of ether oxygens (including phenoxy) is 1. The number of hydrogen-bond acceptors (Lipinski definition) is 3. The minimum atomic E-state index is -0.565. The van der Waals surface area contributed by atoms with E-state index in [4.69, 9.17) is 33.7 Å². The van der Waals surface area contributed by atoms with Crippen LogP contribution in [0.5, 0.6) is 5.75 Å². The van der Waals surface area contributed by atoms with E-state index in [0.29, 0.717) is 27.0 Å². The Hall–Kier alpha value is -2.24. The van der Waals surface area contributed by atoms with Crippen LogP contribution in [0.1, 0.15) is 15.9 Å². The quantitative estimate of drug-likeness (QED) is 0.864. The molecule has 0 saturated carbocycles. The first-order valence-corrected chi connectivity index (χ1v) is 7.40. The number of nitrogens with two attached hydrogens (primary N) is 1. The number of anilines is 1. The van der Waals surface area contributed by atoms with Gasteiger partial charge in [0, 0.05) is 16.3 Å². The highest BCUT2D eigenvalue weighted by Gasteiger charge is 2.10. The Morgan fingerprint density at radius 1 is 1.17 bits per heavy atom. The lowest BCUT2D eigenvalue weighted by molar-refractivity contribution is -0.118. The van der Waals surface area contributed by atoms with E-state index < -0.39 is 5.91 Å². The summed E-state index contributed by atoms with van der Waals surface area (Å²) in [5.41, 5.74) is 6.83. The molecule has 120 valence electrons. The summed E-state index contributed by atoms with van der Waals surface area (Å²) in [7, 11) is 0. The lowest BCUT2D eigenvalue weighted by Crippen LogP contribution is -2.21. The smallest absolute Gasteiger partial charge is 0.262 e. The van der Waals surface area contributed by atoms with Crippen LogP contribution in [-0.2, 0) is 4.79 Å². The number of carbonyl (C=O) groups excluding carboxylic acids is 2. The molecule has 2 rings (SSSR count). The number of benzene rings is 2. The summed E-state index contributed by atoms with van der Waals surface area (Å²) in [4.78, 5) is 23.2. The first kappa shape index (κ1) is 17.1. The molecular formula is C16H14Cl2N2O3. The summed E-state index contributed by atoms with van der Waals surface area (Å²) in [5.74, 6) is -0.598. The Morgan fingerprint density at radius 2 is 1.91 bits per heavy atom. The fourth-order valence-corrected chi connectivity index (χ4v) is 2.29. The Labute approximate surface area is 143 Å². The Balaban J connectivity index is 2.02. The van der Waals surface area contributed by atoms with Crippen LogP contribution in [-0.4, -0.2) is 18.4 Å². The van der Waals surface area contributed by atoms with Gasteiger partial charge in [0.15, 0.2) is 6.61 Å². The molecule has 0 bridgehead atoms. The van der Waals surface area contributed by atoms with Crippen LogP contribution >= 0.6 is 23.2 Å². The second kappa shape index (κ2) is 7.35. The van der Waals surface area contributed by atoms with Crippen molar-refractivity contribution in [1.29, 1.82) is 0 Å². The SMILES string of the molecule is Cc1ccc(C(N)=O)cc1NC(=O)COc1ccc(Cl)cc1Cl. The number of amides is 2. The predicted molar refractivity (Wildman–Crippen MR) is 90.3 cm³/mol. The molecule has 0 fully saturated rings. The highest BCUT2D eigenvalue weighted by molar-refractivity contribution is 6.35. The van der Waals surface area contributed by atoms with Gasteiger partial charge >= 0.3 is 0 Å². The van der Waals surface area contributed by atoms with Gasteiger partial charge in [-0.2, -0.15) is 0 Å². The number of nitrogens with one attached hydrogen (secondary N) is 1. The number of halogens is 2. The van der Waals surface area contributed by atoms with Crippen molar-refractivity contribution in [3.63, 3.8) is 0 Å². The highest BCUT2D eigenvalue weighted by atomic mass is 35.5. The maximum atomic E-state index is 12.0. The Kier molecular flexibility index (Phi) is 5.47. The topological polar surface area (TPSA) is 81.4 Å². The number of aryl methyl sites for hydroxylation is 1. The van der Waals surface area contributed by atoms with Crippen molar-refractivity contribution in [1.82, 2.24) is 0 Å². The molecule has 0 aliphatic heterocycles. The number of primary amides is 1. The molecule has 0 saturated heterocycles. The van der Waals surface area contributed by atoms with Crippen LogP contribution in [0.15, 0.2) is 36.4 Å². The van der Waals surface area contributed by atoms with Gasteiger partial charge in [0.1, 0.15) is 5.75 Å². The van der Waals surface area contributed by atoms with Gasteiger partial charge in [-0.3, -0.25) is 9.59 Å². The minimum Gasteiger partial charge on any atom is -0.482 e. The zero-order valence-corrected chi connectivity index (χ0v) is 13.7.